The first-order valence-electron chi connectivity index (χ1n) is 10.5. The predicted octanol–water partition coefficient (Wildman–Crippen LogP) is 4.61. The standard InChI is InChI=1S/C24H29BrN2O3/c1-17-6-5-7-19(14-17)15-27(18(2)24(29)26-21-8-3-4-9-21)23(28)16-30-22-12-10-20(25)11-13-22/h5-7,10-14,18,21H,3-4,8-9,15-16H2,1-2H3,(H,26,29). The number of ether oxygens (including phenoxy) is 1. The molecule has 1 aliphatic rings. The fraction of sp³-hybridized carbons (Fsp3) is 0.417. The van der Waals surface area contributed by atoms with E-state index < -0.39 is 6.04 Å². The first-order chi connectivity index (χ1) is 14.4. The van der Waals surface area contributed by atoms with Crippen LogP contribution in [0.2, 0.25) is 0 Å². The van der Waals surface area contributed by atoms with Crippen molar-refractivity contribution in [2.45, 2.75) is 58.2 Å². The van der Waals surface area contributed by atoms with Crippen LogP contribution in [-0.4, -0.2) is 35.4 Å². The summed E-state index contributed by atoms with van der Waals surface area (Å²) in [5.41, 5.74) is 2.11. The van der Waals surface area contributed by atoms with Crippen molar-refractivity contribution in [2.75, 3.05) is 6.61 Å². The normalized spacial score (nSPS) is 14.9. The Labute approximate surface area is 186 Å². The van der Waals surface area contributed by atoms with Gasteiger partial charge in [0.25, 0.3) is 5.91 Å². The van der Waals surface area contributed by atoms with Crippen molar-refractivity contribution in [1.29, 1.82) is 0 Å². The van der Waals surface area contributed by atoms with Crippen LogP contribution < -0.4 is 10.1 Å². The number of carbonyl (C=O) groups is 2. The van der Waals surface area contributed by atoms with E-state index in [1.54, 1.807) is 24.0 Å². The Balaban J connectivity index is 1.70. The van der Waals surface area contributed by atoms with Gasteiger partial charge < -0.3 is 15.0 Å². The molecule has 30 heavy (non-hydrogen) atoms. The van der Waals surface area contributed by atoms with Crippen LogP contribution in [-0.2, 0) is 16.1 Å². The highest BCUT2D eigenvalue weighted by Gasteiger charge is 2.28. The van der Waals surface area contributed by atoms with Crippen LogP contribution in [0, 0.1) is 6.92 Å². The highest BCUT2D eigenvalue weighted by atomic mass is 79.9. The Morgan fingerprint density at radius 2 is 1.87 bits per heavy atom. The minimum atomic E-state index is -0.577. The summed E-state index contributed by atoms with van der Waals surface area (Å²) in [4.78, 5) is 27.5. The summed E-state index contributed by atoms with van der Waals surface area (Å²) in [6.07, 6.45) is 4.31. The minimum Gasteiger partial charge on any atom is -0.484 e. The maximum Gasteiger partial charge on any atom is 0.261 e. The summed E-state index contributed by atoms with van der Waals surface area (Å²) in [6, 6.07) is 15.0. The summed E-state index contributed by atoms with van der Waals surface area (Å²) in [7, 11) is 0. The first kappa shape index (κ1) is 22.3. The molecule has 1 atom stereocenters. The maximum atomic E-state index is 13.1. The molecule has 0 aliphatic heterocycles. The zero-order valence-electron chi connectivity index (χ0n) is 17.6. The van der Waals surface area contributed by atoms with E-state index >= 15 is 0 Å². The summed E-state index contributed by atoms with van der Waals surface area (Å²) in [5.74, 6) is 0.296. The molecular weight excluding hydrogens is 444 g/mol. The summed E-state index contributed by atoms with van der Waals surface area (Å²) >= 11 is 3.39. The molecule has 2 aromatic rings. The lowest BCUT2D eigenvalue weighted by Gasteiger charge is -2.29. The number of hydrogen-bond acceptors (Lipinski definition) is 3. The van der Waals surface area contributed by atoms with Gasteiger partial charge >= 0.3 is 0 Å². The van der Waals surface area contributed by atoms with Gasteiger partial charge in [-0.05, 0) is 56.5 Å². The van der Waals surface area contributed by atoms with E-state index in [-0.39, 0.29) is 24.5 Å². The predicted molar refractivity (Wildman–Crippen MR) is 121 cm³/mol. The topological polar surface area (TPSA) is 58.6 Å². The Morgan fingerprint density at radius 3 is 2.53 bits per heavy atom. The van der Waals surface area contributed by atoms with Crippen molar-refractivity contribution in [1.82, 2.24) is 10.2 Å². The smallest absolute Gasteiger partial charge is 0.261 e. The summed E-state index contributed by atoms with van der Waals surface area (Å²) in [5, 5.41) is 3.11. The zero-order valence-corrected chi connectivity index (χ0v) is 19.2. The third-order valence-electron chi connectivity index (χ3n) is 5.48. The Hall–Kier alpha value is -2.34. The number of hydrogen-bond donors (Lipinski definition) is 1. The third-order valence-corrected chi connectivity index (χ3v) is 6.01. The summed E-state index contributed by atoms with van der Waals surface area (Å²) < 4.78 is 6.63. The number of carbonyl (C=O) groups excluding carboxylic acids is 2. The second kappa shape index (κ2) is 10.6. The van der Waals surface area contributed by atoms with E-state index in [2.05, 4.69) is 21.2 Å². The molecule has 1 unspecified atom stereocenters. The van der Waals surface area contributed by atoms with E-state index in [9.17, 15) is 9.59 Å². The fourth-order valence-electron chi connectivity index (χ4n) is 3.74. The molecule has 0 bridgehead atoms. The van der Waals surface area contributed by atoms with E-state index in [4.69, 9.17) is 4.74 Å². The highest BCUT2D eigenvalue weighted by molar-refractivity contribution is 9.10. The lowest BCUT2D eigenvalue weighted by molar-refractivity contribution is -0.142. The van der Waals surface area contributed by atoms with Crippen LogP contribution in [0.25, 0.3) is 0 Å². The van der Waals surface area contributed by atoms with Crippen molar-refractivity contribution in [3.63, 3.8) is 0 Å². The van der Waals surface area contributed by atoms with Crippen LogP contribution in [0.15, 0.2) is 53.0 Å². The van der Waals surface area contributed by atoms with Gasteiger partial charge in [0.15, 0.2) is 6.61 Å². The van der Waals surface area contributed by atoms with Gasteiger partial charge in [0, 0.05) is 17.1 Å². The molecule has 0 heterocycles. The molecule has 0 aromatic heterocycles. The lowest BCUT2D eigenvalue weighted by atomic mass is 10.1. The number of nitrogens with one attached hydrogen (secondary N) is 1. The zero-order chi connectivity index (χ0) is 21.5. The molecule has 1 saturated carbocycles. The third kappa shape index (κ3) is 6.33. The van der Waals surface area contributed by atoms with Gasteiger partial charge in [-0.25, -0.2) is 0 Å². The van der Waals surface area contributed by atoms with Crippen molar-refractivity contribution in [2.24, 2.45) is 0 Å². The van der Waals surface area contributed by atoms with Crippen LogP contribution in [0.4, 0.5) is 0 Å². The molecule has 2 amide bonds. The number of aryl methyl sites for hydroxylation is 1. The number of halogens is 1. The molecule has 1 aliphatic carbocycles. The number of nitrogens with zero attached hydrogens (tertiary/aromatic N) is 1. The first-order valence-corrected chi connectivity index (χ1v) is 11.3. The molecule has 0 radical (unpaired) electrons. The molecule has 5 nitrogen and oxygen atoms in total. The monoisotopic (exact) mass is 472 g/mol. The number of amides is 2. The van der Waals surface area contributed by atoms with E-state index in [0.717, 1.165) is 41.3 Å². The van der Waals surface area contributed by atoms with Crippen LogP contribution >= 0.6 is 15.9 Å². The van der Waals surface area contributed by atoms with E-state index in [1.165, 1.54) is 0 Å². The van der Waals surface area contributed by atoms with Gasteiger partial charge in [0.2, 0.25) is 5.91 Å². The highest BCUT2D eigenvalue weighted by Crippen LogP contribution is 2.19. The van der Waals surface area contributed by atoms with Crippen molar-refractivity contribution < 1.29 is 14.3 Å². The van der Waals surface area contributed by atoms with Crippen LogP contribution in [0.5, 0.6) is 5.75 Å². The molecular formula is C24H29BrN2O3. The average Bonchev–Trinajstić information content (AvgIpc) is 3.24. The molecule has 0 saturated heterocycles. The minimum absolute atomic E-state index is 0.105. The maximum absolute atomic E-state index is 13.1. The Morgan fingerprint density at radius 1 is 1.17 bits per heavy atom. The second-order valence-electron chi connectivity index (χ2n) is 7.92. The van der Waals surface area contributed by atoms with Gasteiger partial charge in [-0.1, -0.05) is 58.6 Å². The molecule has 160 valence electrons. The van der Waals surface area contributed by atoms with Crippen molar-refractivity contribution >= 4 is 27.7 Å². The Bertz CT molecular complexity index is 863. The second-order valence-corrected chi connectivity index (χ2v) is 8.83. The van der Waals surface area contributed by atoms with Gasteiger partial charge in [-0.15, -0.1) is 0 Å². The van der Waals surface area contributed by atoms with Crippen LogP contribution in [0.1, 0.15) is 43.7 Å². The molecule has 2 aromatic carbocycles. The molecule has 0 spiro atoms. The molecule has 3 rings (SSSR count). The van der Waals surface area contributed by atoms with Gasteiger partial charge in [-0.2, -0.15) is 0 Å². The Kier molecular flexibility index (Phi) is 7.91. The number of rotatable bonds is 8. The number of benzene rings is 2. The van der Waals surface area contributed by atoms with Gasteiger partial charge in [-0.3, -0.25) is 9.59 Å². The summed E-state index contributed by atoms with van der Waals surface area (Å²) in [6.45, 7) is 4.05. The van der Waals surface area contributed by atoms with E-state index in [1.807, 2.05) is 43.3 Å². The van der Waals surface area contributed by atoms with Crippen LogP contribution in [0.3, 0.4) is 0 Å². The van der Waals surface area contributed by atoms with Crippen molar-refractivity contribution in [3.05, 3.63) is 64.1 Å². The molecule has 1 fully saturated rings. The van der Waals surface area contributed by atoms with Crippen molar-refractivity contribution in [3.8, 4) is 5.75 Å². The molecule has 6 heteroatoms. The SMILES string of the molecule is Cc1cccc(CN(C(=O)COc2ccc(Br)cc2)C(C)C(=O)NC2CCCC2)c1. The largest absolute Gasteiger partial charge is 0.484 e. The fourth-order valence-corrected chi connectivity index (χ4v) is 4.00. The van der Waals surface area contributed by atoms with Gasteiger partial charge in [0.1, 0.15) is 11.8 Å². The average molecular weight is 473 g/mol. The van der Waals surface area contributed by atoms with Gasteiger partial charge in [0.05, 0.1) is 0 Å². The van der Waals surface area contributed by atoms with E-state index in [0.29, 0.717) is 12.3 Å². The molecule has 1 N–H and O–H groups in total. The quantitative estimate of drug-likeness (QED) is 0.609. The lowest BCUT2D eigenvalue weighted by Crippen LogP contribution is -2.50.